The van der Waals surface area contributed by atoms with Crippen LogP contribution in [0.2, 0.25) is 0 Å². The van der Waals surface area contributed by atoms with Crippen molar-refractivity contribution >= 4 is 17.4 Å². The van der Waals surface area contributed by atoms with Gasteiger partial charge in [-0.05, 0) is 30.3 Å². The van der Waals surface area contributed by atoms with Gasteiger partial charge in [0.2, 0.25) is 0 Å². The molecule has 2 rings (SSSR count). The minimum Gasteiger partial charge on any atom is -0.308 e. The lowest BCUT2D eigenvalue weighted by molar-refractivity contribution is 0.262. The Hall–Kier alpha value is -2.94. The lowest BCUT2D eigenvalue weighted by Gasteiger charge is -2.08. The summed E-state index contributed by atoms with van der Waals surface area (Å²) in [4.78, 5) is 11.7. The molecule has 0 saturated heterocycles. The highest BCUT2D eigenvalue weighted by molar-refractivity contribution is 5.99. The zero-order chi connectivity index (χ0) is 14.5. The van der Waals surface area contributed by atoms with Crippen LogP contribution in [-0.2, 0) is 0 Å². The van der Waals surface area contributed by atoms with Crippen molar-refractivity contribution in [2.45, 2.75) is 0 Å². The number of amides is 2. The number of rotatable bonds is 2. The number of nitriles is 1. The van der Waals surface area contributed by atoms with Crippen LogP contribution in [0.5, 0.6) is 0 Å². The van der Waals surface area contributed by atoms with Crippen molar-refractivity contribution in [2.24, 2.45) is 0 Å². The van der Waals surface area contributed by atoms with Gasteiger partial charge in [0.05, 0.1) is 17.3 Å². The molecule has 0 aliphatic carbocycles. The molecule has 0 radical (unpaired) electrons. The number of nitrogens with one attached hydrogen (secondary N) is 2. The minimum atomic E-state index is -0.870. The van der Waals surface area contributed by atoms with E-state index in [4.69, 9.17) is 5.26 Å². The number of hydrogen-bond donors (Lipinski definition) is 2. The van der Waals surface area contributed by atoms with Gasteiger partial charge in [0.15, 0.2) is 0 Å². The third kappa shape index (κ3) is 3.29. The molecule has 2 aromatic carbocycles. The van der Waals surface area contributed by atoms with E-state index in [9.17, 15) is 13.6 Å². The van der Waals surface area contributed by atoms with Crippen molar-refractivity contribution in [3.63, 3.8) is 0 Å². The molecule has 100 valence electrons. The molecule has 0 aromatic heterocycles. The van der Waals surface area contributed by atoms with Crippen molar-refractivity contribution < 1.29 is 13.6 Å². The monoisotopic (exact) mass is 273 g/mol. The SMILES string of the molecule is N#Cc1cccc(NC(=O)Nc2ccc(F)cc2F)c1. The van der Waals surface area contributed by atoms with E-state index in [0.717, 1.165) is 12.1 Å². The first-order valence-electron chi connectivity index (χ1n) is 5.62. The van der Waals surface area contributed by atoms with Crippen LogP contribution in [0.4, 0.5) is 25.0 Å². The molecular weight excluding hydrogens is 264 g/mol. The molecule has 0 atom stereocenters. The second-order valence-corrected chi connectivity index (χ2v) is 3.90. The summed E-state index contributed by atoms with van der Waals surface area (Å²) in [5.74, 6) is -1.60. The van der Waals surface area contributed by atoms with E-state index < -0.39 is 17.7 Å². The number of hydrogen-bond acceptors (Lipinski definition) is 2. The Kier molecular flexibility index (Phi) is 3.91. The average molecular weight is 273 g/mol. The van der Waals surface area contributed by atoms with Crippen LogP contribution in [0.25, 0.3) is 0 Å². The summed E-state index contributed by atoms with van der Waals surface area (Å²) < 4.78 is 26.1. The average Bonchev–Trinajstić information content (AvgIpc) is 2.42. The molecule has 2 aromatic rings. The Morgan fingerprint density at radius 1 is 1.10 bits per heavy atom. The quantitative estimate of drug-likeness (QED) is 0.879. The first kappa shape index (κ1) is 13.5. The van der Waals surface area contributed by atoms with Crippen molar-refractivity contribution in [1.82, 2.24) is 0 Å². The molecule has 0 heterocycles. The van der Waals surface area contributed by atoms with Gasteiger partial charge in [-0.25, -0.2) is 13.6 Å². The maximum Gasteiger partial charge on any atom is 0.323 e. The van der Waals surface area contributed by atoms with E-state index in [0.29, 0.717) is 17.3 Å². The lowest BCUT2D eigenvalue weighted by Crippen LogP contribution is -2.20. The fourth-order valence-electron chi connectivity index (χ4n) is 1.54. The van der Waals surface area contributed by atoms with Crippen LogP contribution in [-0.4, -0.2) is 6.03 Å². The molecule has 0 aliphatic rings. The Balaban J connectivity index is 2.07. The summed E-state index contributed by atoms with van der Waals surface area (Å²) in [6.07, 6.45) is 0. The molecule has 2 amide bonds. The second-order valence-electron chi connectivity index (χ2n) is 3.90. The van der Waals surface area contributed by atoms with E-state index in [1.54, 1.807) is 18.2 Å². The van der Waals surface area contributed by atoms with Gasteiger partial charge < -0.3 is 10.6 Å². The topological polar surface area (TPSA) is 64.9 Å². The summed E-state index contributed by atoms with van der Waals surface area (Å²) in [6, 6.07) is 10.3. The molecule has 0 saturated carbocycles. The highest BCUT2D eigenvalue weighted by Gasteiger charge is 2.08. The first-order chi connectivity index (χ1) is 9.58. The zero-order valence-electron chi connectivity index (χ0n) is 10.2. The van der Waals surface area contributed by atoms with Crippen LogP contribution < -0.4 is 10.6 Å². The Morgan fingerprint density at radius 2 is 1.90 bits per heavy atom. The number of nitrogens with zero attached hydrogens (tertiary/aromatic N) is 1. The molecule has 0 spiro atoms. The second kappa shape index (κ2) is 5.80. The van der Waals surface area contributed by atoms with E-state index in [1.807, 2.05) is 6.07 Å². The third-order valence-corrected chi connectivity index (χ3v) is 2.43. The normalized spacial score (nSPS) is 9.65. The maximum absolute atomic E-state index is 13.3. The molecule has 6 heteroatoms. The van der Waals surface area contributed by atoms with Crippen molar-refractivity contribution in [3.8, 4) is 6.07 Å². The Labute approximate surface area is 113 Å². The molecule has 4 nitrogen and oxygen atoms in total. The van der Waals surface area contributed by atoms with Crippen LogP contribution in [0, 0.1) is 23.0 Å². The highest BCUT2D eigenvalue weighted by atomic mass is 19.1. The number of carbonyl (C=O) groups is 1. The highest BCUT2D eigenvalue weighted by Crippen LogP contribution is 2.16. The number of anilines is 2. The van der Waals surface area contributed by atoms with Gasteiger partial charge in [-0.1, -0.05) is 6.07 Å². The molecule has 0 aliphatic heterocycles. The van der Waals surface area contributed by atoms with Crippen LogP contribution in [0.1, 0.15) is 5.56 Å². The summed E-state index contributed by atoms with van der Waals surface area (Å²) in [5, 5.41) is 13.4. The van der Waals surface area contributed by atoms with Gasteiger partial charge in [-0.2, -0.15) is 5.26 Å². The number of benzene rings is 2. The van der Waals surface area contributed by atoms with Gasteiger partial charge in [-0.15, -0.1) is 0 Å². The van der Waals surface area contributed by atoms with E-state index >= 15 is 0 Å². The zero-order valence-corrected chi connectivity index (χ0v) is 10.2. The summed E-state index contributed by atoms with van der Waals surface area (Å²) in [6.45, 7) is 0. The Bertz CT molecular complexity index is 695. The van der Waals surface area contributed by atoms with E-state index in [-0.39, 0.29) is 5.69 Å². The molecule has 20 heavy (non-hydrogen) atoms. The first-order valence-corrected chi connectivity index (χ1v) is 5.62. The standard InChI is InChI=1S/C14H9F2N3O/c15-10-4-5-13(12(16)7-10)19-14(20)18-11-3-1-2-9(6-11)8-17/h1-7H,(H2,18,19,20). The molecular formula is C14H9F2N3O. The summed E-state index contributed by atoms with van der Waals surface area (Å²) in [7, 11) is 0. The van der Waals surface area contributed by atoms with Gasteiger partial charge in [0, 0.05) is 11.8 Å². The molecule has 0 fully saturated rings. The van der Waals surface area contributed by atoms with E-state index in [1.165, 1.54) is 6.07 Å². The summed E-state index contributed by atoms with van der Waals surface area (Å²) >= 11 is 0. The summed E-state index contributed by atoms with van der Waals surface area (Å²) in [5.41, 5.74) is 0.639. The van der Waals surface area contributed by atoms with Crippen LogP contribution in [0.15, 0.2) is 42.5 Å². The van der Waals surface area contributed by atoms with Gasteiger partial charge in [0.1, 0.15) is 11.6 Å². The fraction of sp³-hybridized carbons (Fsp3) is 0. The Morgan fingerprint density at radius 3 is 2.60 bits per heavy atom. The molecule has 0 bridgehead atoms. The lowest BCUT2D eigenvalue weighted by atomic mass is 10.2. The van der Waals surface area contributed by atoms with Crippen LogP contribution in [0.3, 0.4) is 0 Å². The smallest absolute Gasteiger partial charge is 0.308 e. The van der Waals surface area contributed by atoms with Crippen molar-refractivity contribution in [3.05, 3.63) is 59.7 Å². The number of carbonyl (C=O) groups excluding carboxylic acids is 1. The predicted octanol–water partition coefficient (Wildman–Crippen LogP) is 3.48. The maximum atomic E-state index is 13.3. The van der Waals surface area contributed by atoms with Crippen molar-refractivity contribution in [1.29, 1.82) is 5.26 Å². The van der Waals surface area contributed by atoms with Crippen LogP contribution >= 0.6 is 0 Å². The number of urea groups is 1. The molecule has 0 unspecified atom stereocenters. The largest absolute Gasteiger partial charge is 0.323 e. The fourth-order valence-corrected chi connectivity index (χ4v) is 1.54. The van der Waals surface area contributed by atoms with Gasteiger partial charge >= 0.3 is 6.03 Å². The minimum absolute atomic E-state index is 0.139. The van der Waals surface area contributed by atoms with Gasteiger partial charge in [-0.3, -0.25) is 0 Å². The predicted molar refractivity (Wildman–Crippen MR) is 70.2 cm³/mol. The number of halogens is 2. The third-order valence-electron chi connectivity index (χ3n) is 2.43. The molecule has 2 N–H and O–H groups in total. The van der Waals surface area contributed by atoms with Gasteiger partial charge in [0.25, 0.3) is 0 Å². The van der Waals surface area contributed by atoms with Crippen molar-refractivity contribution in [2.75, 3.05) is 10.6 Å². The van der Waals surface area contributed by atoms with E-state index in [2.05, 4.69) is 10.6 Å².